The lowest BCUT2D eigenvalue weighted by molar-refractivity contribution is -0.115. The number of hydrogen-bond acceptors (Lipinski definition) is 5. The van der Waals surface area contributed by atoms with Crippen molar-refractivity contribution < 1.29 is 9.53 Å². The highest BCUT2D eigenvalue weighted by molar-refractivity contribution is 8.00. The van der Waals surface area contributed by atoms with E-state index < -0.39 is 0 Å². The molecule has 7 heteroatoms. The van der Waals surface area contributed by atoms with Gasteiger partial charge in [0, 0.05) is 11.4 Å². The number of thioether (sulfide) groups is 1. The van der Waals surface area contributed by atoms with E-state index in [-0.39, 0.29) is 17.8 Å². The average Bonchev–Trinajstić information content (AvgIpc) is 3.23. The summed E-state index contributed by atoms with van der Waals surface area (Å²) >= 11 is 1.37. The molecule has 0 aliphatic carbocycles. The maximum atomic E-state index is 13.0. The first-order valence-corrected chi connectivity index (χ1v) is 12.0. The molecule has 0 bridgehead atoms. The van der Waals surface area contributed by atoms with E-state index in [1.54, 1.807) is 0 Å². The number of aromatic nitrogens is 3. The van der Waals surface area contributed by atoms with E-state index >= 15 is 0 Å². The third kappa shape index (κ3) is 5.31. The molecule has 0 radical (unpaired) electrons. The summed E-state index contributed by atoms with van der Waals surface area (Å²) in [5.41, 5.74) is 4.90. The quantitative estimate of drug-likeness (QED) is 0.324. The van der Waals surface area contributed by atoms with E-state index in [2.05, 4.69) is 15.5 Å². The third-order valence-electron chi connectivity index (χ3n) is 5.55. The van der Waals surface area contributed by atoms with Crippen molar-refractivity contribution in [3.8, 4) is 11.4 Å². The second-order valence-electron chi connectivity index (χ2n) is 8.14. The molecule has 34 heavy (non-hydrogen) atoms. The number of amides is 1. The van der Waals surface area contributed by atoms with E-state index in [1.165, 1.54) is 11.8 Å². The summed E-state index contributed by atoms with van der Waals surface area (Å²) in [5.74, 6) is 1.39. The van der Waals surface area contributed by atoms with Gasteiger partial charge in [-0.25, -0.2) is 0 Å². The van der Waals surface area contributed by atoms with Crippen LogP contribution < -0.4 is 10.1 Å². The lowest BCUT2D eigenvalue weighted by atomic mass is 10.1. The summed E-state index contributed by atoms with van der Waals surface area (Å²) in [6.07, 6.45) is 0. The Hall–Kier alpha value is -3.58. The first kappa shape index (κ1) is 23.6. The van der Waals surface area contributed by atoms with Crippen molar-refractivity contribution in [3.05, 3.63) is 95.3 Å². The van der Waals surface area contributed by atoms with Crippen molar-refractivity contribution in [3.63, 3.8) is 0 Å². The van der Waals surface area contributed by atoms with E-state index in [9.17, 15) is 4.79 Å². The predicted molar refractivity (Wildman–Crippen MR) is 137 cm³/mol. The monoisotopic (exact) mass is 472 g/mol. The second-order valence-corrected chi connectivity index (χ2v) is 9.45. The maximum Gasteiger partial charge on any atom is 0.237 e. The average molecular weight is 473 g/mol. The van der Waals surface area contributed by atoms with E-state index in [0.717, 1.165) is 33.8 Å². The number of nitrogens with one attached hydrogen (secondary N) is 1. The largest absolute Gasteiger partial charge is 0.485 e. The molecule has 0 aliphatic rings. The Balaban J connectivity index is 1.56. The first-order valence-electron chi connectivity index (χ1n) is 11.2. The molecule has 4 rings (SSSR count). The summed E-state index contributed by atoms with van der Waals surface area (Å²) in [4.78, 5) is 13.0. The fourth-order valence-corrected chi connectivity index (χ4v) is 4.50. The molecule has 1 aromatic heterocycles. The summed E-state index contributed by atoms with van der Waals surface area (Å²) in [5, 5.41) is 12.1. The molecule has 0 spiro atoms. The van der Waals surface area contributed by atoms with Crippen molar-refractivity contribution in [2.75, 3.05) is 5.32 Å². The van der Waals surface area contributed by atoms with Gasteiger partial charge in [-0.1, -0.05) is 66.4 Å². The number of carbonyl (C=O) groups is 1. The lowest BCUT2D eigenvalue weighted by Gasteiger charge is -2.16. The topological polar surface area (TPSA) is 69.0 Å². The van der Waals surface area contributed by atoms with Gasteiger partial charge in [-0.05, 0) is 62.6 Å². The van der Waals surface area contributed by atoms with Crippen LogP contribution in [0.2, 0.25) is 0 Å². The van der Waals surface area contributed by atoms with Gasteiger partial charge in [0.15, 0.2) is 11.0 Å². The standard InChI is InChI=1S/C27H28N4O2S/c1-18-11-8-9-16-23(18)33-17-24-29-30-27(31(24)22-14-6-5-7-15-22)34-21(4)26(32)28-25-19(2)12-10-13-20(25)3/h5-16,21H,17H2,1-4H3,(H,28,32). The van der Waals surface area contributed by atoms with Gasteiger partial charge in [0.25, 0.3) is 0 Å². The maximum absolute atomic E-state index is 13.0. The van der Waals surface area contributed by atoms with Gasteiger partial charge in [-0.2, -0.15) is 0 Å². The number of hydrogen-bond donors (Lipinski definition) is 1. The zero-order valence-electron chi connectivity index (χ0n) is 19.8. The number of carbonyl (C=O) groups excluding carboxylic acids is 1. The Labute approximate surface area is 204 Å². The van der Waals surface area contributed by atoms with Crippen molar-refractivity contribution in [2.45, 2.75) is 44.7 Å². The van der Waals surface area contributed by atoms with Crippen LogP contribution in [-0.4, -0.2) is 25.9 Å². The molecular weight excluding hydrogens is 444 g/mol. The van der Waals surface area contributed by atoms with Gasteiger partial charge in [-0.3, -0.25) is 9.36 Å². The highest BCUT2D eigenvalue weighted by atomic mass is 32.2. The molecule has 6 nitrogen and oxygen atoms in total. The number of nitrogens with zero attached hydrogens (tertiary/aromatic N) is 3. The van der Waals surface area contributed by atoms with Gasteiger partial charge in [0.05, 0.1) is 5.25 Å². The number of benzene rings is 3. The Morgan fingerprint density at radius 1 is 0.912 bits per heavy atom. The van der Waals surface area contributed by atoms with Crippen molar-refractivity contribution in [1.29, 1.82) is 0 Å². The Kier molecular flexibility index (Phi) is 7.33. The van der Waals surface area contributed by atoms with Crippen molar-refractivity contribution in [2.24, 2.45) is 0 Å². The molecule has 0 saturated carbocycles. The summed E-state index contributed by atoms with van der Waals surface area (Å²) in [6.45, 7) is 8.13. The summed E-state index contributed by atoms with van der Waals surface area (Å²) in [7, 11) is 0. The number of anilines is 1. The number of ether oxygens (including phenoxy) is 1. The van der Waals surface area contributed by atoms with E-state index in [0.29, 0.717) is 11.0 Å². The second kappa shape index (κ2) is 10.6. The molecule has 0 saturated heterocycles. The predicted octanol–water partition coefficient (Wildman–Crippen LogP) is 5.89. The normalized spacial score (nSPS) is 11.8. The molecule has 1 heterocycles. The Morgan fingerprint density at radius 3 is 2.26 bits per heavy atom. The molecule has 174 valence electrons. The fourth-order valence-electron chi connectivity index (χ4n) is 3.62. The molecule has 1 amide bonds. The lowest BCUT2D eigenvalue weighted by Crippen LogP contribution is -2.24. The molecule has 4 aromatic rings. The van der Waals surface area contributed by atoms with Gasteiger partial charge in [-0.15, -0.1) is 10.2 Å². The molecular formula is C27H28N4O2S. The van der Waals surface area contributed by atoms with Crippen LogP contribution in [0.1, 0.15) is 29.4 Å². The Morgan fingerprint density at radius 2 is 1.56 bits per heavy atom. The van der Waals surface area contributed by atoms with Crippen LogP contribution in [0.4, 0.5) is 5.69 Å². The van der Waals surface area contributed by atoms with Gasteiger partial charge in [0.1, 0.15) is 12.4 Å². The van der Waals surface area contributed by atoms with Gasteiger partial charge < -0.3 is 10.1 Å². The summed E-state index contributed by atoms with van der Waals surface area (Å²) < 4.78 is 7.99. The van der Waals surface area contributed by atoms with Crippen LogP contribution in [-0.2, 0) is 11.4 Å². The molecule has 0 aliphatic heterocycles. The van der Waals surface area contributed by atoms with Gasteiger partial charge >= 0.3 is 0 Å². The Bertz CT molecular complexity index is 1270. The van der Waals surface area contributed by atoms with Crippen molar-refractivity contribution >= 4 is 23.4 Å². The minimum atomic E-state index is -0.379. The van der Waals surface area contributed by atoms with Crippen LogP contribution in [0.3, 0.4) is 0 Å². The molecule has 1 atom stereocenters. The molecule has 1 N–H and O–H groups in total. The third-order valence-corrected chi connectivity index (χ3v) is 6.59. The minimum absolute atomic E-state index is 0.0808. The van der Waals surface area contributed by atoms with Crippen LogP contribution in [0.25, 0.3) is 5.69 Å². The van der Waals surface area contributed by atoms with Crippen LogP contribution in [0.15, 0.2) is 78.0 Å². The first-order chi connectivity index (χ1) is 16.4. The summed E-state index contributed by atoms with van der Waals surface area (Å²) in [6, 6.07) is 23.7. The van der Waals surface area contributed by atoms with E-state index in [1.807, 2.05) is 105 Å². The van der Waals surface area contributed by atoms with Crippen molar-refractivity contribution in [1.82, 2.24) is 14.8 Å². The number of rotatable bonds is 8. The van der Waals surface area contributed by atoms with Gasteiger partial charge in [0.2, 0.25) is 5.91 Å². The SMILES string of the molecule is Cc1ccccc1OCc1nnc(SC(C)C(=O)Nc2c(C)cccc2C)n1-c1ccccc1. The highest BCUT2D eigenvalue weighted by Gasteiger charge is 2.22. The van der Waals surface area contributed by atoms with Crippen LogP contribution in [0, 0.1) is 20.8 Å². The smallest absolute Gasteiger partial charge is 0.237 e. The number of aryl methyl sites for hydroxylation is 3. The zero-order valence-corrected chi connectivity index (χ0v) is 20.6. The zero-order chi connectivity index (χ0) is 24.1. The van der Waals surface area contributed by atoms with E-state index in [4.69, 9.17) is 4.74 Å². The minimum Gasteiger partial charge on any atom is -0.485 e. The molecule has 1 unspecified atom stereocenters. The molecule has 3 aromatic carbocycles. The number of para-hydroxylation sites is 3. The van der Waals surface area contributed by atoms with Crippen LogP contribution >= 0.6 is 11.8 Å². The fraction of sp³-hybridized carbons (Fsp3) is 0.222. The molecule has 0 fully saturated rings. The van der Waals surface area contributed by atoms with Crippen LogP contribution in [0.5, 0.6) is 5.75 Å². The highest BCUT2D eigenvalue weighted by Crippen LogP contribution is 2.28.